The molecule has 0 atom stereocenters. The van der Waals surface area contributed by atoms with Gasteiger partial charge in [-0.05, 0) is 11.8 Å². The van der Waals surface area contributed by atoms with Crippen LogP contribution < -0.4 is 0 Å². The SMILES string of the molecule is BC(C)(C(CC)CC)C(CC)CC. The Hall–Kier alpha value is 0.0649. The fourth-order valence-electron chi connectivity index (χ4n) is 3.02. The summed E-state index contributed by atoms with van der Waals surface area (Å²) in [6, 6.07) is 0. The number of hydrogen-bond acceptors (Lipinski definition) is 0. The summed E-state index contributed by atoms with van der Waals surface area (Å²) in [5.41, 5.74) is 0. The Morgan fingerprint density at radius 1 is 0.846 bits per heavy atom. The highest BCUT2D eigenvalue weighted by Gasteiger charge is 2.32. The van der Waals surface area contributed by atoms with E-state index < -0.39 is 0 Å². The minimum absolute atomic E-state index is 0.535. The normalized spacial score (nSPS) is 12.8. The first kappa shape index (κ1) is 13.1. The van der Waals surface area contributed by atoms with Crippen LogP contribution in [0.3, 0.4) is 0 Å². The van der Waals surface area contributed by atoms with Gasteiger partial charge in [-0.15, -0.1) is 0 Å². The zero-order valence-electron chi connectivity index (χ0n) is 10.5. The topological polar surface area (TPSA) is 0 Å². The van der Waals surface area contributed by atoms with E-state index in [0.29, 0.717) is 5.31 Å². The first-order valence-electron chi connectivity index (χ1n) is 6.04. The van der Waals surface area contributed by atoms with Crippen molar-refractivity contribution in [3.63, 3.8) is 0 Å². The van der Waals surface area contributed by atoms with Gasteiger partial charge in [-0.2, -0.15) is 0 Å². The van der Waals surface area contributed by atoms with Crippen LogP contribution >= 0.6 is 0 Å². The standard InChI is InChI=1S/C12H27B/c1-6-10(7-2)12(5,13)11(8-3)9-4/h10-11H,6-9,13H2,1-5H3. The molecule has 0 spiro atoms. The van der Waals surface area contributed by atoms with E-state index in [1.165, 1.54) is 25.7 Å². The van der Waals surface area contributed by atoms with Crippen molar-refractivity contribution in [2.24, 2.45) is 11.8 Å². The lowest BCUT2D eigenvalue weighted by atomic mass is 9.53. The highest BCUT2D eigenvalue weighted by molar-refractivity contribution is 6.15. The molecule has 0 aliphatic rings. The molecule has 0 radical (unpaired) electrons. The lowest BCUT2D eigenvalue weighted by Crippen LogP contribution is -2.28. The van der Waals surface area contributed by atoms with Crippen LogP contribution in [0.25, 0.3) is 0 Å². The van der Waals surface area contributed by atoms with E-state index >= 15 is 0 Å². The van der Waals surface area contributed by atoms with Crippen LogP contribution in [0.15, 0.2) is 0 Å². The molecular weight excluding hydrogens is 155 g/mol. The highest BCUT2D eigenvalue weighted by atomic mass is 14.3. The molecule has 0 bridgehead atoms. The van der Waals surface area contributed by atoms with Crippen LogP contribution in [0.5, 0.6) is 0 Å². The molecule has 1 heteroatoms. The molecule has 0 aliphatic heterocycles. The fraction of sp³-hybridized carbons (Fsp3) is 1.00. The van der Waals surface area contributed by atoms with Crippen LogP contribution in [0.1, 0.15) is 60.3 Å². The fourth-order valence-corrected chi connectivity index (χ4v) is 3.02. The molecule has 0 N–H and O–H groups in total. The zero-order chi connectivity index (χ0) is 10.5. The van der Waals surface area contributed by atoms with E-state index in [2.05, 4.69) is 42.5 Å². The predicted octanol–water partition coefficient (Wildman–Crippen LogP) is 3.67. The van der Waals surface area contributed by atoms with E-state index in [4.69, 9.17) is 0 Å². The molecular formula is C12H27B. The van der Waals surface area contributed by atoms with Gasteiger partial charge >= 0.3 is 0 Å². The van der Waals surface area contributed by atoms with Crippen molar-refractivity contribution in [2.75, 3.05) is 0 Å². The number of rotatable bonds is 6. The van der Waals surface area contributed by atoms with Gasteiger partial charge in [0.1, 0.15) is 7.85 Å². The van der Waals surface area contributed by atoms with Crippen molar-refractivity contribution in [2.45, 2.75) is 65.6 Å². The molecule has 13 heavy (non-hydrogen) atoms. The molecule has 0 fully saturated rings. The van der Waals surface area contributed by atoms with Crippen molar-refractivity contribution >= 4 is 7.85 Å². The van der Waals surface area contributed by atoms with E-state index in [1.54, 1.807) is 0 Å². The van der Waals surface area contributed by atoms with Gasteiger partial charge in [0.25, 0.3) is 0 Å². The quantitative estimate of drug-likeness (QED) is 0.550. The van der Waals surface area contributed by atoms with Crippen molar-refractivity contribution in [1.29, 1.82) is 0 Å². The number of hydrogen-bond donors (Lipinski definition) is 0. The van der Waals surface area contributed by atoms with Crippen molar-refractivity contribution in [3.05, 3.63) is 0 Å². The van der Waals surface area contributed by atoms with E-state index in [-0.39, 0.29) is 0 Å². The van der Waals surface area contributed by atoms with Crippen LogP contribution in [0.4, 0.5) is 0 Å². The van der Waals surface area contributed by atoms with E-state index in [9.17, 15) is 0 Å². The summed E-state index contributed by atoms with van der Waals surface area (Å²) in [6.45, 7) is 11.8. The third-order valence-corrected chi connectivity index (χ3v) is 4.08. The van der Waals surface area contributed by atoms with Crippen molar-refractivity contribution < 1.29 is 0 Å². The predicted molar refractivity (Wildman–Crippen MR) is 65.1 cm³/mol. The Labute approximate surface area is 85.9 Å². The monoisotopic (exact) mass is 182 g/mol. The van der Waals surface area contributed by atoms with Gasteiger partial charge in [0.2, 0.25) is 0 Å². The lowest BCUT2D eigenvalue weighted by molar-refractivity contribution is 0.242. The summed E-state index contributed by atoms with van der Waals surface area (Å²) in [5.74, 6) is 1.80. The first-order valence-corrected chi connectivity index (χ1v) is 6.04. The first-order chi connectivity index (χ1) is 6.04. The molecule has 0 aromatic carbocycles. The smallest absolute Gasteiger partial charge is 0.0664 e. The third kappa shape index (κ3) is 3.04. The Morgan fingerprint density at radius 2 is 1.08 bits per heavy atom. The van der Waals surface area contributed by atoms with Gasteiger partial charge in [0, 0.05) is 0 Å². The minimum atomic E-state index is 0.535. The average molecular weight is 182 g/mol. The maximum atomic E-state index is 2.46. The van der Waals surface area contributed by atoms with Crippen LogP contribution in [0, 0.1) is 11.8 Å². The molecule has 78 valence electrons. The minimum Gasteiger partial charge on any atom is -0.0664 e. The molecule has 0 aromatic rings. The maximum absolute atomic E-state index is 2.46. The van der Waals surface area contributed by atoms with Crippen LogP contribution in [0.2, 0.25) is 5.31 Å². The third-order valence-electron chi connectivity index (χ3n) is 4.08. The molecule has 0 unspecified atom stereocenters. The molecule has 0 saturated carbocycles. The molecule has 0 heterocycles. The lowest BCUT2D eigenvalue weighted by Gasteiger charge is -2.40. The Kier molecular flexibility index (Phi) is 5.75. The van der Waals surface area contributed by atoms with Gasteiger partial charge < -0.3 is 0 Å². The summed E-state index contributed by atoms with van der Waals surface area (Å²) in [4.78, 5) is 0. The van der Waals surface area contributed by atoms with Gasteiger partial charge in [0.15, 0.2) is 0 Å². The highest BCUT2D eigenvalue weighted by Crippen LogP contribution is 2.46. The molecule has 0 aliphatic carbocycles. The molecule has 0 aromatic heterocycles. The molecule has 0 rings (SSSR count). The van der Waals surface area contributed by atoms with Crippen molar-refractivity contribution in [1.82, 2.24) is 0 Å². The second kappa shape index (κ2) is 5.72. The molecule has 0 amide bonds. The van der Waals surface area contributed by atoms with Gasteiger partial charge in [-0.1, -0.05) is 65.6 Å². The maximum Gasteiger partial charge on any atom is 0.109 e. The van der Waals surface area contributed by atoms with E-state index in [1.807, 2.05) is 0 Å². The Bertz CT molecular complexity index is 107. The summed E-state index contributed by atoms with van der Waals surface area (Å²) in [5, 5.41) is 0.535. The Morgan fingerprint density at radius 3 is 1.23 bits per heavy atom. The summed E-state index contributed by atoms with van der Waals surface area (Å²) in [6.07, 6.45) is 5.33. The molecule has 0 saturated heterocycles. The second-order valence-corrected chi connectivity index (χ2v) is 4.85. The van der Waals surface area contributed by atoms with Gasteiger partial charge in [-0.25, -0.2) is 0 Å². The summed E-state index contributed by atoms with van der Waals surface area (Å²) in [7, 11) is 2.46. The largest absolute Gasteiger partial charge is 0.109 e. The van der Waals surface area contributed by atoms with Crippen LogP contribution in [-0.4, -0.2) is 7.85 Å². The average Bonchev–Trinajstić information content (AvgIpc) is 2.07. The Balaban J connectivity index is 4.48. The van der Waals surface area contributed by atoms with Crippen LogP contribution in [-0.2, 0) is 0 Å². The van der Waals surface area contributed by atoms with Gasteiger partial charge in [0.05, 0.1) is 0 Å². The summed E-state index contributed by atoms with van der Waals surface area (Å²) >= 11 is 0. The van der Waals surface area contributed by atoms with Gasteiger partial charge in [-0.3, -0.25) is 0 Å². The molecule has 0 nitrogen and oxygen atoms in total. The second-order valence-electron chi connectivity index (χ2n) is 4.85. The zero-order valence-corrected chi connectivity index (χ0v) is 10.5. The summed E-state index contributed by atoms with van der Waals surface area (Å²) < 4.78 is 0. The van der Waals surface area contributed by atoms with Crippen molar-refractivity contribution in [3.8, 4) is 0 Å². The van der Waals surface area contributed by atoms with E-state index in [0.717, 1.165) is 11.8 Å².